The van der Waals surface area contributed by atoms with Crippen molar-refractivity contribution in [3.05, 3.63) is 46.5 Å². The lowest BCUT2D eigenvalue weighted by Gasteiger charge is -2.42. The highest BCUT2D eigenvalue weighted by molar-refractivity contribution is 7.21. The second-order valence-corrected chi connectivity index (χ2v) is 10.3. The first-order valence-electron chi connectivity index (χ1n) is 11.4. The number of thiophene rings is 1. The Kier molecular flexibility index (Phi) is 5.79. The van der Waals surface area contributed by atoms with E-state index in [2.05, 4.69) is 10.3 Å². The van der Waals surface area contributed by atoms with Gasteiger partial charge in [0.05, 0.1) is 11.7 Å². The Labute approximate surface area is 204 Å². The molecule has 0 unspecified atom stereocenters. The van der Waals surface area contributed by atoms with Crippen molar-refractivity contribution in [3.63, 3.8) is 0 Å². The number of hydrogen-bond donors (Lipinski definition) is 3. The van der Waals surface area contributed by atoms with Crippen LogP contribution in [-0.2, 0) is 6.42 Å². The first kappa shape index (κ1) is 23.7. The van der Waals surface area contributed by atoms with Crippen molar-refractivity contribution in [2.45, 2.75) is 43.9 Å². The fourth-order valence-electron chi connectivity index (χ4n) is 4.70. The molecule has 0 saturated carbocycles. The number of piperidine rings is 1. The first-order chi connectivity index (χ1) is 16.5. The number of benzene rings is 1. The number of fused-ring (bicyclic) bond motifs is 2. The third-order valence-corrected chi connectivity index (χ3v) is 7.80. The zero-order valence-electron chi connectivity index (χ0n) is 19.1. The van der Waals surface area contributed by atoms with Crippen LogP contribution in [0, 0.1) is 6.92 Å². The number of alkyl halides is 3. The smallest absolute Gasteiger partial charge is 0.408 e. The van der Waals surface area contributed by atoms with Gasteiger partial charge in [0.1, 0.15) is 27.6 Å². The molecule has 1 amide bonds. The van der Waals surface area contributed by atoms with Gasteiger partial charge in [-0.25, -0.2) is 4.98 Å². The largest absolute Gasteiger partial charge is 0.491 e. The van der Waals surface area contributed by atoms with Crippen LogP contribution in [0.5, 0.6) is 5.75 Å². The van der Waals surface area contributed by atoms with Crippen LogP contribution in [0.15, 0.2) is 30.3 Å². The number of anilines is 2. The molecular weight excluding hydrogens is 479 g/mol. The zero-order valence-corrected chi connectivity index (χ0v) is 19.9. The highest BCUT2D eigenvalue weighted by Gasteiger charge is 2.53. The van der Waals surface area contributed by atoms with Gasteiger partial charge in [0.15, 0.2) is 0 Å². The number of pyridine rings is 1. The number of rotatable bonds is 3. The predicted octanol–water partition coefficient (Wildman–Crippen LogP) is 3.78. The average Bonchev–Trinajstić information content (AvgIpc) is 3.13. The first-order valence-corrected chi connectivity index (χ1v) is 12.2. The minimum Gasteiger partial charge on any atom is -0.491 e. The van der Waals surface area contributed by atoms with Gasteiger partial charge in [0, 0.05) is 35.9 Å². The number of aromatic nitrogens is 1. The Hall–Kier alpha value is -3.05. The van der Waals surface area contributed by atoms with Crippen LogP contribution >= 0.6 is 11.3 Å². The maximum atomic E-state index is 13.4. The number of nitrogen functional groups attached to an aromatic ring is 1. The molecule has 1 saturated heterocycles. The summed E-state index contributed by atoms with van der Waals surface area (Å²) in [5.41, 5.74) is 12.5. The normalized spacial score (nSPS) is 22.5. The Bertz CT molecular complexity index is 1290. The maximum Gasteiger partial charge on any atom is 0.408 e. The van der Waals surface area contributed by atoms with Gasteiger partial charge in [0.25, 0.3) is 5.91 Å². The number of nitrogens with one attached hydrogen (secondary N) is 1. The predicted molar refractivity (Wildman–Crippen MR) is 130 cm³/mol. The molecule has 3 aromatic rings. The Morgan fingerprint density at radius 3 is 2.89 bits per heavy atom. The van der Waals surface area contributed by atoms with Gasteiger partial charge in [-0.05, 0) is 49.9 Å². The third kappa shape index (κ3) is 4.38. The van der Waals surface area contributed by atoms with Gasteiger partial charge in [-0.1, -0.05) is 6.07 Å². The molecular formula is C24H26F3N5O2S. The molecule has 0 aliphatic carbocycles. The van der Waals surface area contributed by atoms with Gasteiger partial charge in [0.2, 0.25) is 0 Å². The molecule has 0 bridgehead atoms. The summed E-state index contributed by atoms with van der Waals surface area (Å²) in [6.45, 7) is 2.33. The monoisotopic (exact) mass is 505 g/mol. The molecule has 7 nitrogen and oxygen atoms in total. The van der Waals surface area contributed by atoms with E-state index in [9.17, 15) is 18.0 Å². The SMILES string of the molecule is Cc1ccc2c(N)c(C(=O)N[C@H]3COc4cc(N5CCC[C@@](N)(C(F)(F)F)C5)ccc4C3)sc2n1. The summed E-state index contributed by atoms with van der Waals surface area (Å²) < 4.78 is 46.2. The molecule has 1 fully saturated rings. The Balaban J connectivity index is 1.28. The minimum atomic E-state index is -4.46. The van der Waals surface area contributed by atoms with Crippen LogP contribution in [0.4, 0.5) is 24.5 Å². The van der Waals surface area contributed by atoms with Gasteiger partial charge in [-0.2, -0.15) is 13.2 Å². The van der Waals surface area contributed by atoms with E-state index in [-0.39, 0.29) is 31.5 Å². The summed E-state index contributed by atoms with van der Waals surface area (Å²) in [5, 5.41) is 3.74. The highest BCUT2D eigenvalue weighted by atomic mass is 32.1. The van der Waals surface area contributed by atoms with Crippen molar-refractivity contribution in [1.29, 1.82) is 0 Å². The summed E-state index contributed by atoms with van der Waals surface area (Å²) >= 11 is 1.25. The topological polar surface area (TPSA) is 106 Å². The van der Waals surface area contributed by atoms with Crippen LogP contribution in [0.2, 0.25) is 0 Å². The van der Waals surface area contributed by atoms with Crippen LogP contribution < -0.4 is 26.4 Å². The lowest BCUT2D eigenvalue weighted by Crippen LogP contribution is -2.63. The molecule has 2 aliphatic rings. The van der Waals surface area contributed by atoms with E-state index in [0.717, 1.165) is 21.5 Å². The molecule has 1 aromatic carbocycles. The molecule has 2 atom stereocenters. The lowest BCUT2D eigenvalue weighted by atomic mass is 9.89. The standard InChI is InChI=1S/C24H26F3N5O2S/c1-13-3-6-17-19(28)20(35-22(17)30-13)21(33)31-15-9-14-4-5-16(10-18(14)34-11-15)32-8-2-7-23(29,12-32)24(25,26)27/h3-6,10,15H,2,7-9,11-12,28-29H2,1H3,(H,31,33)/t15-,23+/m1/s1. The molecule has 186 valence electrons. The summed E-state index contributed by atoms with van der Waals surface area (Å²) in [6.07, 6.45) is -3.66. The van der Waals surface area contributed by atoms with Gasteiger partial charge < -0.3 is 26.4 Å². The van der Waals surface area contributed by atoms with Crippen LogP contribution in [0.1, 0.15) is 33.8 Å². The second kappa shape index (κ2) is 8.56. The molecule has 11 heteroatoms. The number of hydrogen-bond acceptors (Lipinski definition) is 7. The maximum absolute atomic E-state index is 13.4. The zero-order chi connectivity index (χ0) is 25.0. The van der Waals surface area contributed by atoms with E-state index in [4.69, 9.17) is 16.2 Å². The molecule has 2 aromatic heterocycles. The van der Waals surface area contributed by atoms with E-state index in [0.29, 0.717) is 41.4 Å². The van der Waals surface area contributed by atoms with E-state index >= 15 is 0 Å². The van der Waals surface area contributed by atoms with Crippen molar-refractivity contribution >= 4 is 38.8 Å². The Morgan fingerprint density at radius 1 is 1.31 bits per heavy atom. The van der Waals surface area contributed by atoms with Crippen molar-refractivity contribution in [2.75, 3.05) is 30.3 Å². The molecule has 5 N–H and O–H groups in total. The van der Waals surface area contributed by atoms with Gasteiger partial charge >= 0.3 is 6.18 Å². The summed E-state index contributed by atoms with van der Waals surface area (Å²) in [6, 6.07) is 8.83. The molecule has 35 heavy (non-hydrogen) atoms. The number of halogens is 3. The molecule has 5 rings (SSSR count). The van der Waals surface area contributed by atoms with Gasteiger partial charge in [-0.15, -0.1) is 11.3 Å². The quantitative estimate of drug-likeness (QED) is 0.500. The average molecular weight is 506 g/mol. The summed E-state index contributed by atoms with van der Waals surface area (Å²) in [5.74, 6) is 0.325. The molecule has 2 aliphatic heterocycles. The fourth-order valence-corrected chi connectivity index (χ4v) is 5.74. The van der Waals surface area contributed by atoms with Crippen LogP contribution in [0.3, 0.4) is 0 Å². The van der Waals surface area contributed by atoms with Crippen LogP contribution in [0.25, 0.3) is 10.2 Å². The van der Waals surface area contributed by atoms with Gasteiger partial charge in [-0.3, -0.25) is 4.79 Å². The van der Waals surface area contributed by atoms with E-state index < -0.39 is 11.7 Å². The summed E-state index contributed by atoms with van der Waals surface area (Å²) in [4.78, 5) is 20.2. The number of carbonyl (C=O) groups excluding carboxylic acids is 1. The number of carbonyl (C=O) groups is 1. The van der Waals surface area contributed by atoms with Crippen molar-refractivity contribution < 1.29 is 22.7 Å². The van der Waals surface area contributed by atoms with Crippen molar-refractivity contribution in [2.24, 2.45) is 5.73 Å². The highest BCUT2D eigenvalue weighted by Crippen LogP contribution is 2.38. The minimum absolute atomic E-state index is 0.0875. The number of aryl methyl sites for hydroxylation is 1. The van der Waals surface area contributed by atoms with E-state index in [1.165, 1.54) is 11.3 Å². The van der Waals surface area contributed by atoms with Crippen molar-refractivity contribution in [3.8, 4) is 5.75 Å². The number of nitrogens with zero attached hydrogens (tertiary/aromatic N) is 2. The number of nitrogens with two attached hydrogens (primary N) is 2. The fraction of sp³-hybridized carbons (Fsp3) is 0.417. The van der Waals surface area contributed by atoms with E-state index in [1.54, 1.807) is 17.0 Å². The molecule has 0 spiro atoms. The van der Waals surface area contributed by atoms with Crippen LogP contribution in [-0.4, -0.2) is 48.3 Å². The van der Waals surface area contributed by atoms with E-state index in [1.807, 2.05) is 25.1 Å². The lowest BCUT2D eigenvalue weighted by molar-refractivity contribution is -0.187. The van der Waals surface area contributed by atoms with Crippen molar-refractivity contribution in [1.82, 2.24) is 10.3 Å². The number of amides is 1. The number of ether oxygens (including phenoxy) is 1. The summed E-state index contributed by atoms with van der Waals surface area (Å²) in [7, 11) is 0. The third-order valence-electron chi connectivity index (χ3n) is 6.69. The second-order valence-electron chi connectivity index (χ2n) is 9.31. The molecule has 0 radical (unpaired) electrons. The molecule has 4 heterocycles. The Morgan fingerprint density at radius 2 is 2.11 bits per heavy atom.